The average Bonchev–Trinajstić information content (AvgIpc) is 2.80. The van der Waals surface area contributed by atoms with Crippen molar-refractivity contribution in [1.29, 1.82) is 0 Å². The Bertz CT molecular complexity index is 500. The van der Waals surface area contributed by atoms with Crippen molar-refractivity contribution < 1.29 is 4.79 Å². The monoisotopic (exact) mass is 276 g/mol. The first-order chi connectivity index (χ1) is 7.75. The number of H-pyrrole nitrogens is 1. The van der Waals surface area contributed by atoms with Crippen LogP contribution in [0.3, 0.4) is 0 Å². The van der Waals surface area contributed by atoms with Crippen molar-refractivity contribution in [2.45, 2.75) is 0 Å². The number of rotatable bonds is 3. The van der Waals surface area contributed by atoms with Crippen molar-refractivity contribution in [3.05, 3.63) is 58.6 Å². The molecule has 0 atom stereocenters. The predicted molar refractivity (Wildman–Crippen MR) is 66.1 cm³/mol. The maximum atomic E-state index is 11.7. The molecule has 0 aliphatic carbocycles. The summed E-state index contributed by atoms with van der Waals surface area (Å²) >= 11 is 3.32. The van der Waals surface area contributed by atoms with Crippen LogP contribution >= 0.6 is 15.9 Å². The van der Waals surface area contributed by atoms with Crippen molar-refractivity contribution in [1.82, 2.24) is 9.97 Å². The lowest BCUT2D eigenvalue weighted by atomic mass is 10.1. The molecule has 0 amide bonds. The molecular formula is C12H9BrN2O. The Morgan fingerprint density at radius 3 is 2.69 bits per heavy atom. The summed E-state index contributed by atoms with van der Waals surface area (Å²) in [5, 5.41) is 0. The lowest BCUT2D eigenvalue weighted by molar-refractivity contribution is 0.104. The number of nitrogens with zero attached hydrogens (tertiary/aromatic N) is 1. The highest BCUT2D eigenvalue weighted by Crippen LogP contribution is 2.11. The summed E-state index contributed by atoms with van der Waals surface area (Å²) in [5.74, 6) is -0.0258. The number of aromatic amines is 1. The van der Waals surface area contributed by atoms with E-state index in [2.05, 4.69) is 25.9 Å². The molecular weight excluding hydrogens is 268 g/mol. The van der Waals surface area contributed by atoms with Gasteiger partial charge in [0.05, 0.1) is 18.2 Å². The lowest BCUT2D eigenvalue weighted by Crippen LogP contribution is -1.93. The van der Waals surface area contributed by atoms with E-state index in [1.165, 1.54) is 6.08 Å². The topological polar surface area (TPSA) is 45.8 Å². The Labute approximate surface area is 101 Å². The van der Waals surface area contributed by atoms with E-state index >= 15 is 0 Å². The number of imidazole rings is 1. The molecule has 80 valence electrons. The molecule has 0 unspecified atom stereocenters. The molecule has 1 heterocycles. The molecule has 0 fully saturated rings. The van der Waals surface area contributed by atoms with Crippen LogP contribution in [0.2, 0.25) is 0 Å². The quantitative estimate of drug-likeness (QED) is 0.692. The second kappa shape index (κ2) is 4.90. The molecule has 3 nitrogen and oxygen atoms in total. The van der Waals surface area contributed by atoms with Crippen LogP contribution in [0, 0.1) is 0 Å². The molecule has 0 spiro atoms. The minimum Gasteiger partial charge on any atom is -0.345 e. The average molecular weight is 277 g/mol. The number of halogens is 1. The van der Waals surface area contributed by atoms with Gasteiger partial charge in [-0.15, -0.1) is 0 Å². The summed E-state index contributed by atoms with van der Waals surface area (Å²) in [5.41, 5.74) is 1.48. The second-order valence-corrected chi connectivity index (χ2v) is 4.13. The molecule has 1 aromatic heterocycles. The molecule has 1 aromatic carbocycles. The van der Waals surface area contributed by atoms with Crippen LogP contribution in [0.5, 0.6) is 0 Å². The third-order valence-electron chi connectivity index (χ3n) is 2.06. The van der Waals surface area contributed by atoms with Crippen molar-refractivity contribution in [3.8, 4) is 0 Å². The van der Waals surface area contributed by atoms with Crippen LogP contribution in [0.4, 0.5) is 0 Å². The first kappa shape index (κ1) is 10.8. The molecule has 0 saturated carbocycles. The van der Waals surface area contributed by atoms with Crippen molar-refractivity contribution >= 4 is 27.8 Å². The van der Waals surface area contributed by atoms with Gasteiger partial charge in [-0.2, -0.15) is 0 Å². The maximum absolute atomic E-state index is 11.7. The van der Waals surface area contributed by atoms with Crippen LogP contribution in [0.1, 0.15) is 16.1 Å². The standard InChI is InChI=1S/C12H9BrN2O/c13-10-3-1-9(2-4-10)12(16)6-5-11-7-14-8-15-11/h1-8H,(H,14,15)/b6-5+. The van der Waals surface area contributed by atoms with E-state index in [0.29, 0.717) is 5.56 Å². The van der Waals surface area contributed by atoms with E-state index in [0.717, 1.165) is 10.2 Å². The third-order valence-corrected chi connectivity index (χ3v) is 2.59. The Morgan fingerprint density at radius 2 is 2.06 bits per heavy atom. The zero-order chi connectivity index (χ0) is 11.4. The van der Waals surface area contributed by atoms with E-state index in [-0.39, 0.29) is 5.78 Å². The summed E-state index contributed by atoms with van der Waals surface area (Å²) in [6, 6.07) is 7.25. The van der Waals surface area contributed by atoms with E-state index in [1.807, 2.05) is 12.1 Å². The van der Waals surface area contributed by atoms with Crippen LogP contribution in [0.15, 0.2) is 47.3 Å². The first-order valence-corrected chi connectivity index (χ1v) is 5.51. The number of ketones is 1. The number of hydrogen-bond donors (Lipinski definition) is 1. The minimum absolute atomic E-state index is 0.0258. The number of allylic oxidation sites excluding steroid dienone is 1. The zero-order valence-electron chi connectivity index (χ0n) is 8.35. The molecule has 0 bridgehead atoms. The Kier molecular flexibility index (Phi) is 3.31. The van der Waals surface area contributed by atoms with Gasteiger partial charge in [-0.1, -0.05) is 15.9 Å². The lowest BCUT2D eigenvalue weighted by Gasteiger charge is -1.95. The molecule has 0 saturated heterocycles. The van der Waals surface area contributed by atoms with Gasteiger partial charge < -0.3 is 4.98 Å². The van der Waals surface area contributed by atoms with Gasteiger partial charge in [-0.05, 0) is 36.4 Å². The second-order valence-electron chi connectivity index (χ2n) is 3.21. The van der Waals surface area contributed by atoms with Crippen molar-refractivity contribution in [2.75, 3.05) is 0 Å². The molecule has 2 aromatic rings. The summed E-state index contributed by atoms with van der Waals surface area (Å²) in [4.78, 5) is 18.5. The first-order valence-electron chi connectivity index (χ1n) is 4.72. The van der Waals surface area contributed by atoms with Crippen LogP contribution in [0.25, 0.3) is 6.08 Å². The van der Waals surface area contributed by atoms with Gasteiger partial charge in [0.25, 0.3) is 0 Å². The summed E-state index contributed by atoms with van der Waals surface area (Å²) in [6.45, 7) is 0. The highest BCUT2D eigenvalue weighted by atomic mass is 79.9. The Hall–Kier alpha value is -1.68. The molecule has 16 heavy (non-hydrogen) atoms. The fourth-order valence-electron chi connectivity index (χ4n) is 1.23. The molecule has 1 N–H and O–H groups in total. The van der Waals surface area contributed by atoms with Gasteiger partial charge in [0.1, 0.15) is 0 Å². The van der Waals surface area contributed by atoms with Gasteiger partial charge in [-0.3, -0.25) is 4.79 Å². The number of benzene rings is 1. The largest absolute Gasteiger partial charge is 0.345 e. The van der Waals surface area contributed by atoms with E-state index in [9.17, 15) is 4.79 Å². The Balaban J connectivity index is 2.11. The van der Waals surface area contributed by atoms with Crippen LogP contribution < -0.4 is 0 Å². The molecule has 0 aliphatic heterocycles. The minimum atomic E-state index is -0.0258. The van der Waals surface area contributed by atoms with E-state index < -0.39 is 0 Å². The summed E-state index contributed by atoms with van der Waals surface area (Å²) in [7, 11) is 0. The molecule has 0 radical (unpaired) electrons. The number of carbonyl (C=O) groups is 1. The van der Waals surface area contributed by atoms with Gasteiger partial charge in [0.2, 0.25) is 0 Å². The van der Waals surface area contributed by atoms with Gasteiger partial charge in [-0.25, -0.2) is 4.98 Å². The predicted octanol–water partition coefficient (Wildman–Crippen LogP) is 3.07. The zero-order valence-corrected chi connectivity index (χ0v) is 9.94. The van der Waals surface area contributed by atoms with Gasteiger partial charge >= 0.3 is 0 Å². The van der Waals surface area contributed by atoms with Gasteiger partial charge in [0.15, 0.2) is 5.78 Å². The highest BCUT2D eigenvalue weighted by Gasteiger charge is 2.00. The van der Waals surface area contributed by atoms with Crippen molar-refractivity contribution in [2.24, 2.45) is 0 Å². The van der Waals surface area contributed by atoms with Crippen LogP contribution in [-0.4, -0.2) is 15.8 Å². The molecule has 2 rings (SSSR count). The fraction of sp³-hybridized carbons (Fsp3) is 0. The molecule has 4 heteroatoms. The van der Waals surface area contributed by atoms with Crippen LogP contribution in [-0.2, 0) is 0 Å². The SMILES string of the molecule is O=C(/C=C/c1cnc[nH]1)c1ccc(Br)cc1. The number of carbonyl (C=O) groups excluding carboxylic acids is 1. The Morgan fingerprint density at radius 1 is 1.31 bits per heavy atom. The normalized spacial score (nSPS) is 10.8. The number of nitrogens with one attached hydrogen (secondary N) is 1. The van der Waals surface area contributed by atoms with E-state index in [4.69, 9.17) is 0 Å². The smallest absolute Gasteiger partial charge is 0.185 e. The van der Waals surface area contributed by atoms with Crippen molar-refractivity contribution in [3.63, 3.8) is 0 Å². The summed E-state index contributed by atoms with van der Waals surface area (Å²) < 4.78 is 0.960. The number of hydrogen-bond acceptors (Lipinski definition) is 2. The van der Waals surface area contributed by atoms with Gasteiger partial charge in [0, 0.05) is 10.0 Å². The molecule has 0 aliphatic rings. The number of aromatic nitrogens is 2. The summed E-state index contributed by atoms with van der Waals surface area (Å²) in [6.07, 6.45) is 6.46. The van der Waals surface area contributed by atoms with E-state index in [1.54, 1.807) is 30.7 Å². The highest BCUT2D eigenvalue weighted by molar-refractivity contribution is 9.10. The third kappa shape index (κ3) is 2.67. The maximum Gasteiger partial charge on any atom is 0.185 e. The fourth-order valence-corrected chi connectivity index (χ4v) is 1.50.